The van der Waals surface area contributed by atoms with Crippen molar-refractivity contribution in [2.24, 2.45) is 0 Å². The minimum absolute atomic E-state index is 0.140. The molecule has 1 aromatic heterocycles. The van der Waals surface area contributed by atoms with Crippen LogP contribution in [0.2, 0.25) is 0 Å². The first-order valence-electron chi connectivity index (χ1n) is 11.3. The van der Waals surface area contributed by atoms with Crippen molar-refractivity contribution in [1.82, 2.24) is 14.5 Å². The van der Waals surface area contributed by atoms with E-state index in [1.165, 1.54) is 4.31 Å². The molecule has 0 radical (unpaired) electrons. The summed E-state index contributed by atoms with van der Waals surface area (Å²) in [7, 11) is -3.49. The molecule has 1 amide bonds. The van der Waals surface area contributed by atoms with Crippen molar-refractivity contribution in [3.63, 3.8) is 0 Å². The molecule has 4 rings (SSSR count). The van der Waals surface area contributed by atoms with Crippen LogP contribution in [0.1, 0.15) is 29.2 Å². The number of furan rings is 1. The molecule has 2 aromatic rings. The molecule has 0 saturated carbocycles. The van der Waals surface area contributed by atoms with Crippen LogP contribution in [0.4, 0.5) is 0 Å². The van der Waals surface area contributed by atoms with E-state index in [1.807, 2.05) is 6.92 Å². The van der Waals surface area contributed by atoms with Gasteiger partial charge in [-0.1, -0.05) is 0 Å². The highest BCUT2D eigenvalue weighted by Crippen LogP contribution is 2.21. The van der Waals surface area contributed by atoms with Gasteiger partial charge >= 0.3 is 0 Å². The molecule has 2 fully saturated rings. The Morgan fingerprint density at radius 3 is 2.39 bits per heavy atom. The van der Waals surface area contributed by atoms with Gasteiger partial charge in [-0.05, 0) is 56.2 Å². The van der Waals surface area contributed by atoms with Gasteiger partial charge in [0, 0.05) is 38.8 Å². The first-order valence-corrected chi connectivity index (χ1v) is 12.8. The smallest absolute Gasteiger partial charge is 0.287 e. The van der Waals surface area contributed by atoms with Gasteiger partial charge in [-0.25, -0.2) is 8.42 Å². The quantitative estimate of drug-likeness (QED) is 0.619. The Hall–Kier alpha value is -2.40. The Labute approximate surface area is 194 Å². The lowest BCUT2D eigenvalue weighted by molar-refractivity contribution is 0.0730. The Balaban J connectivity index is 1.18. The standard InChI is InChI=1S/C23H31N3O6S/c1-18-2-7-22(32-18)23(27)24-19-8-10-25(11-9-19)12-17-31-20-3-5-21(6-4-20)33(28,29)26-13-15-30-16-14-26/h2-7,19H,8-17H2,1H3,(H,24,27). The van der Waals surface area contributed by atoms with Crippen molar-refractivity contribution < 1.29 is 27.1 Å². The molecule has 10 heteroatoms. The monoisotopic (exact) mass is 477 g/mol. The Morgan fingerprint density at radius 2 is 1.76 bits per heavy atom. The average molecular weight is 478 g/mol. The maximum atomic E-state index is 12.7. The lowest BCUT2D eigenvalue weighted by Gasteiger charge is -2.32. The van der Waals surface area contributed by atoms with Gasteiger partial charge in [0.05, 0.1) is 18.1 Å². The number of morpholine rings is 1. The summed E-state index contributed by atoms with van der Waals surface area (Å²) < 4.78 is 43.3. The third-order valence-electron chi connectivity index (χ3n) is 5.99. The zero-order valence-corrected chi connectivity index (χ0v) is 19.7. The van der Waals surface area contributed by atoms with Gasteiger partial charge in [0.15, 0.2) is 5.76 Å². The highest BCUT2D eigenvalue weighted by Gasteiger charge is 2.26. The molecule has 33 heavy (non-hydrogen) atoms. The summed E-state index contributed by atoms with van der Waals surface area (Å²) in [6, 6.07) is 10.2. The van der Waals surface area contributed by atoms with E-state index >= 15 is 0 Å². The van der Waals surface area contributed by atoms with E-state index in [4.69, 9.17) is 13.9 Å². The minimum atomic E-state index is -3.49. The second-order valence-electron chi connectivity index (χ2n) is 8.34. The average Bonchev–Trinajstić information content (AvgIpc) is 3.28. The van der Waals surface area contributed by atoms with E-state index in [0.717, 1.165) is 38.2 Å². The maximum Gasteiger partial charge on any atom is 0.287 e. The van der Waals surface area contributed by atoms with E-state index in [-0.39, 0.29) is 16.8 Å². The first kappa shape index (κ1) is 23.7. The summed E-state index contributed by atoms with van der Waals surface area (Å²) in [5.41, 5.74) is 0. The summed E-state index contributed by atoms with van der Waals surface area (Å²) in [6.45, 7) is 6.46. The fourth-order valence-electron chi connectivity index (χ4n) is 4.05. The van der Waals surface area contributed by atoms with Crippen LogP contribution in [-0.4, -0.2) is 82.1 Å². The fraction of sp³-hybridized carbons (Fsp3) is 0.522. The number of hydrogen-bond donors (Lipinski definition) is 1. The molecule has 2 aliphatic rings. The van der Waals surface area contributed by atoms with Crippen LogP contribution in [0.3, 0.4) is 0 Å². The van der Waals surface area contributed by atoms with Crippen LogP contribution in [0.15, 0.2) is 45.7 Å². The van der Waals surface area contributed by atoms with Gasteiger partial charge in [0.1, 0.15) is 18.1 Å². The number of sulfonamides is 1. The molecule has 0 spiro atoms. The largest absolute Gasteiger partial charge is 0.492 e. The highest BCUT2D eigenvalue weighted by atomic mass is 32.2. The number of carbonyl (C=O) groups is 1. The number of rotatable bonds is 8. The van der Waals surface area contributed by atoms with Gasteiger partial charge < -0.3 is 19.2 Å². The molecule has 0 atom stereocenters. The van der Waals surface area contributed by atoms with Crippen molar-refractivity contribution in [3.05, 3.63) is 47.9 Å². The zero-order chi connectivity index (χ0) is 23.3. The molecular formula is C23H31N3O6S. The Morgan fingerprint density at radius 1 is 1.06 bits per heavy atom. The van der Waals surface area contributed by atoms with Crippen LogP contribution in [0, 0.1) is 6.92 Å². The second kappa shape index (κ2) is 10.7. The fourth-order valence-corrected chi connectivity index (χ4v) is 5.46. The third kappa shape index (κ3) is 6.14. The number of hydrogen-bond acceptors (Lipinski definition) is 7. The van der Waals surface area contributed by atoms with Crippen LogP contribution >= 0.6 is 0 Å². The number of amides is 1. The number of piperidine rings is 1. The van der Waals surface area contributed by atoms with Crippen molar-refractivity contribution in [2.45, 2.75) is 30.7 Å². The number of nitrogens with one attached hydrogen (secondary N) is 1. The number of nitrogens with zero attached hydrogens (tertiary/aromatic N) is 2. The van der Waals surface area contributed by atoms with Crippen molar-refractivity contribution >= 4 is 15.9 Å². The predicted molar refractivity (Wildman–Crippen MR) is 122 cm³/mol. The molecule has 1 N–H and O–H groups in total. The lowest BCUT2D eigenvalue weighted by atomic mass is 10.0. The maximum absolute atomic E-state index is 12.7. The molecule has 0 bridgehead atoms. The molecule has 2 aliphatic heterocycles. The highest BCUT2D eigenvalue weighted by molar-refractivity contribution is 7.89. The molecule has 1 aromatic carbocycles. The predicted octanol–water partition coefficient (Wildman–Crippen LogP) is 1.88. The first-order chi connectivity index (χ1) is 15.9. The van der Waals surface area contributed by atoms with Crippen molar-refractivity contribution in [3.8, 4) is 5.75 Å². The molecule has 2 saturated heterocycles. The van der Waals surface area contributed by atoms with Gasteiger partial charge in [0.2, 0.25) is 10.0 Å². The SMILES string of the molecule is Cc1ccc(C(=O)NC2CCN(CCOc3ccc(S(=O)(=O)N4CCOCC4)cc3)CC2)o1. The molecule has 9 nitrogen and oxygen atoms in total. The summed E-state index contributed by atoms with van der Waals surface area (Å²) >= 11 is 0. The second-order valence-corrected chi connectivity index (χ2v) is 10.3. The zero-order valence-electron chi connectivity index (χ0n) is 18.9. The number of benzene rings is 1. The summed E-state index contributed by atoms with van der Waals surface area (Å²) in [5.74, 6) is 1.56. The lowest BCUT2D eigenvalue weighted by Crippen LogP contribution is -2.45. The number of likely N-dealkylation sites (tertiary alicyclic amines) is 1. The molecule has 0 unspecified atom stereocenters. The number of carbonyl (C=O) groups excluding carboxylic acids is 1. The summed E-state index contributed by atoms with van der Waals surface area (Å²) in [5, 5.41) is 3.04. The normalized spacial score (nSPS) is 18.8. The topological polar surface area (TPSA) is 101 Å². The van der Waals surface area contributed by atoms with Crippen molar-refractivity contribution in [1.29, 1.82) is 0 Å². The minimum Gasteiger partial charge on any atom is -0.492 e. The van der Waals surface area contributed by atoms with Crippen LogP contribution in [0.5, 0.6) is 5.75 Å². The van der Waals surface area contributed by atoms with Crippen LogP contribution in [0.25, 0.3) is 0 Å². The van der Waals surface area contributed by atoms with Gasteiger partial charge in [-0.15, -0.1) is 0 Å². The molecular weight excluding hydrogens is 446 g/mol. The van der Waals surface area contributed by atoms with E-state index in [9.17, 15) is 13.2 Å². The molecule has 0 aliphatic carbocycles. The van der Waals surface area contributed by atoms with E-state index < -0.39 is 10.0 Å². The van der Waals surface area contributed by atoms with E-state index in [2.05, 4.69) is 10.2 Å². The Bertz CT molecular complexity index is 1020. The van der Waals surface area contributed by atoms with Crippen LogP contribution < -0.4 is 10.1 Å². The van der Waals surface area contributed by atoms with E-state index in [1.54, 1.807) is 36.4 Å². The van der Waals surface area contributed by atoms with Gasteiger partial charge in [-0.2, -0.15) is 4.31 Å². The number of aryl methyl sites for hydroxylation is 1. The summed E-state index contributed by atoms with van der Waals surface area (Å²) in [6.07, 6.45) is 1.75. The van der Waals surface area contributed by atoms with Gasteiger partial charge in [-0.3, -0.25) is 9.69 Å². The van der Waals surface area contributed by atoms with E-state index in [0.29, 0.717) is 44.4 Å². The summed E-state index contributed by atoms with van der Waals surface area (Å²) in [4.78, 5) is 14.8. The molecule has 180 valence electrons. The third-order valence-corrected chi connectivity index (χ3v) is 7.91. The van der Waals surface area contributed by atoms with Gasteiger partial charge in [0.25, 0.3) is 5.91 Å². The number of ether oxygens (including phenoxy) is 2. The Kier molecular flexibility index (Phi) is 7.69. The molecule has 3 heterocycles. The van der Waals surface area contributed by atoms with Crippen LogP contribution in [-0.2, 0) is 14.8 Å². The van der Waals surface area contributed by atoms with Crippen molar-refractivity contribution in [2.75, 3.05) is 52.5 Å².